The van der Waals surface area contributed by atoms with Crippen molar-refractivity contribution in [3.05, 3.63) is 130 Å². The summed E-state index contributed by atoms with van der Waals surface area (Å²) in [5, 5.41) is 0.940. The predicted octanol–water partition coefficient (Wildman–Crippen LogP) is 5.68. The Morgan fingerprint density at radius 2 is 1.82 bits per heavy atom. The van der Waals surface area contributed by atoms with Crippen molar-refractivity contribution >= 4 is 46.6 Å². The van der Waals surface area contributed by atoms with Crippen molar-refractivity contribution in [3.8, 4) is 5.75 Å². The van der Waals surface area contributed by atoms with Gasteiger partial charge in [-0.15, -0.1) is 0 Å². The van der Waals surface area contributed by atoms with E-state index in [9.17, 15) is 9.59 Å². The van der Waals surface area contributed by atoms with E-state index in [2.05, 4.69) is 4.99 Å². The molecule has 1 aliphatic heterocycles. The number of halogens is 2. The number of nitrogens with zero attached hydrogens (tertiary/aromatic N) is 2. The van der Waals surface area contributed by atoms with Crippen LogP contribution >= 0.6 is 34.5 Å². The van der Waals surface area contributed by atoms with Crippen LogP contribution in [0.4, 0.5) is 0 Å². The molecule has 0 saturated heterocycles. The molecule has 5 rings (SSSR count). The van der Waals surface area contributed by atoms with Crippen LogP contribution in [0, 0.1) is 0 Å². The lowest BCUT2D eigenvalue weighted by Gasteiger charge is -2.25. The molecular weight excluding hydrogens is 555 g/mol. The average molecular weight is 580 g/mol. The van der Waals surface area contributed by atoms with Gasteiger partial charge in [-0.3, -0.25) is 9.36 Å². The van der Waals surface area contributed by atoms with Crippen LogP contribution in [-0.4, -0.2) is 17.1 Å². The number of fused-ring (bicyclic) bond motifs is 1. The van der Waals surface area contributed by atoms with Crippen molar-refractivity contribution in [2.24, 2.45) is 4.99 Å². The van der Waals surface area contributed by atoms with Gasteiger partial charge in [0.15, 0.2) is 4.80 Å². The molecule has 3 aromatic carbocycles. The summed E-state index contributed by atoms with van der Waals surface area (Å²) in [7, 11) is 0. The molecule has 0 amide bonds. The molecule has 1 aliphatic rings. The van der Waals surface area contributed by atoms with E-state index in [4.69, 9.17) is 32.7 Å². The zero-order valence-corrected chi connectivity index (χ0v) is 23.5. The van der Waals surface area contributed by atoms with E-state index in [1.54, 1.807) is 56.3 Å². The summed E-state index contributed by atoms with van der Waals surface area (Å²) in [6.45, 7) is 4.02. The van der Waals surface area contributed by atoms with Crippen LogP contribution in [0.2, 0.25) is 10.0 Å². The fraction of sp³-hybridized carbons (Fsp3) is 0.167. The summed E-state index contributed by atoms with van der Waals surface area (Å²) < 4.78 is 13.3. The van der Waals surface area contributed by atoms with Crippen LogP contribution in [0.5, 0.6) is 5.75 Å². The maximum atomic E-state index is 13.9. The minimum Gasteiger partial charge on any atom is -0.488 e. The number of hydrogen-bond acceptors (Lipinski definition) is 6. The smallest absolute Gasteiger partial charge is 0.338 e. The summed E-state index contributed by atoms with van der Waals surface area (Å²) in [5.41, 5.74) is 2.71. The minimum absolute atomic E-state index is 0.190. The van der Waals surface area contributed by atoms with Gasteiger partial charge in [0.05, 0.1) is 22.4 Å². The molecule has 4 aromatic rings. The van der Waals surface area contributed by atoms with Gasteiger partial charge < -0.3 is 9.47 Å². The molecule has 0 saturated carbocycles. The van der Waals surface area contributed by atoms with E-state index in [1.807, 2.05) is 36.4 Å². The van der Waals surface area contributed by atoms with Crippen LogP contribution in [0.15, 0.2) is 93.9 Å². The Hall–Kier alpha value is -3.65. The monoisotopic (exact) mass is 578 g/mol. The number of aromatic nitrogens is 1. The fourth-order valence-electron chi connectivity index (χ4n) is 4.42. The van der Waals surface area contributed by atoms with Crippen molar-refractivity contribution < 1.29 is 14.3 Å². The fourth-order valence-corrected chi connectivity index (χ4v) is 5.88. The zero-order chi connectivity index (χ0) is 27.5. The lowest BCUT2D eigenvalue weighted by molar-refractivity contribution is -0.139. The Balaban J connectivity index is 1.64. The third-order valence-electron chi connectivity index (χ3n) is 6.21. The maximum Gasteiger partial charge on any atom is 0.338 e. The number of carbonyl (C=O) groups excluding carboxylic acids is 1. The number of thiazole rings is 1. The van der Waals surface area contributed by atoms with E-state index in [-0.39, 0.29) is 17.7 Å². The normalized spacial score (nSPS) is 15.1. The lowest BCUT2D eigenvalue weighted by atomic mass is 9.96. The van der Waals surface area contributed by atoms with Crippen LogP contribution in [0.1, 0.15) is 36.6 Å². The van der Waals surface area contributed by atoms with Gasteiger partial charge >= 0.3 is 5.97 Å². The minimum atomic E-state index is -0.788. The molecule has 0 radical (unpaired) electrons. The highest BCUT2D eigenvalue weighted by atomic mass is 35.5. The maximum absolute atomic E-state index is 13.9. The van der Waals surface area contributed by atoms with E-state index in [0.717, 1.165) is 5.56 Å². The van der Waals surface area contributed by atoms with Crippen LogP contribution in [-0.2, 0) is 16.1 Å². The van der Waals surface area contributed by atoms with E-state index >= 15 is 0 Å². The summed E-state index contributed by atoms with van der Waals surface area (Å²) in [5.74, 6) is 0.0459. The first kappa shape index (κ1) is 26.9. The number of hydrogen-bond donors (Lipinski definition) is 0. The molecule has 0 fully saturated rings. The second-order valence-electron chi connectivity index (χ2n) is 8.78. The van der Waals surface area contributed by atoms with Gasteiger partial charge in [0.25, 0.3) is 5.56 Å². The molecule has 9 heteroatoms. The van der Waals surface area contributed by atoms with E-state index < -0.39 is 12.0 Å². The van der Waals surface area contributed by atoms with Gasteiger partial charge in [-0.2, -0.15) is 0 Å². The Morgan fingerprint density at radius 1 is 1.08 bits per heavy atom. The number of allylic oxidation sites excluding steroid dienone is 1. The SMILES string of the molecule is CCOC(=O)C1=C(C)N=c2s/c(=C\c3cc(Cl)ccc3OCc3ccccc3)c(=O)n2[C@H]1c1ccccc1Cl. The summed E-state index contributed by atoms with van der Waals surface area (Å²) in [6, 6.07) is 21.4. The van der Waals surface area contributed by atoms with Gasteiger partial charge in [-0.05, 0) is 55.3 Å². The Morgan fingerprint density at radius 3 is 2.56 bits per heavy atom. The largest absolute Gasteiger partial charge is 0.488 e. The van der Waals surface area contributed by atoms with Crippen molar-refractivity contribution in [1.29, 1.82) is 0 Å². The van der Waals surface area contributed by atoms with Gasteiger partial charge in [0.2, 0.25) is 0 Å². The van der Waals surface area contributed by atoms with Crippen molar-refractivity contribution in [3.63, 3.8) is 0 Å². The van der Waals surface area contributed by atoms with Crippen molar-refractivity contribution in [1.82, 2.24) is 4.57 Å². The first-order valence-electron chi connectivity index (χ1n) is 12.3. The number of benzene rings is 3. The van der Waals surface area contributed by atoms with Crippen LogP contribution in [0.3, 0.4) is 0 Å². The second-order valence-corrected chi connectivity index (χ2v) is 10.6. The quantitative estimate of drug-likeness (QED) is 0.264. The summed E-state index contributed by atoms with van der Waals surface area (Å²) in [6.07, 6.45) is 1.74. The Labute approximate surface area is 239 Å². The predicted molar refractivity (Wildman–Crippen MR) is 154 cm³/mol. The average Bonchev–Trinajstić information content (AvgIpc) is 3.22. The molecular formula is C30H24Cl2N2O4S. The molecule has 0 spiro atoms. The van der Waals surface area contributed by atoms with Gasteiger partial charge in [0, 0.05) is 15.6 Å². The van der Waals surface area contributed by atoms with E-state index in [1.165, 1.54) is 15.9 Å². The van der Waals surface area contributed by atoms with Gasteiger partial charge in [-0.25, -0.2) is 9.79 Å². The van der Waals surface area contributed by atoms with Crippen molar-refractivity contribution in [2.45, 2.75) is 26.5 Å². The lowest BCUT2D eigenvalue weighted by Crippen LogP contribution is -2.40. The highest BCUT2D eigenvalue weighted by molar-refractivity contribution is 7.07. The topological polar surface area (TPSA) is 69.9 Å². The van der Waals surface area contributed by atoms with E-state index in [0.29, 0.717) is 48.6 Å². The highest BCUT2D eigenvalue weighted by Gasteiger charge is 2.34. The molecule has 39 heavy (non-hydrogen) atoms. The van der Waals surface area contributed by atoms with Crippen LogP contribution < -0.4 is 19.6 Å². The first-order valence-corrected chi connectivity index (χ1v) is 13.8. The molecule has 0 N–H and O–H groups in total. The number of rotatable bonds is 7. The third kappa shape index (κ3) is 5.57. The van der Waals surface area contributed by atoms with Gasteiger partial charge in [0.1, 0.15) is 18.4 Å². The second kappa shape index (κ2) is 11.6. The van der Waals surface area contributed by atoms with Crippen LogP contribution in [0.25, 0.3) is 6.08 Å². The molecule has 1 aromatic heterocycles. The Bertz CT molecular complexity index is 1760. The Kier molecular flexibility index (Phi) is 8.02. The number of carbonyl (C=O) groups is 1. The third-order valence-corrected chi connectivity index (χ3v) is 7.77. The van der Waals surface area contributed by atoms with Gasteiger partial charge in [-0.1, -0.05) is 83.1 Å². The molecule has 0 unspecified atom stereocenters. The highest BCUT2D eigenvalue weighted by Crippen LogP contribution is 2.34. The molecule has 0 bridgehead atoms. The molecule has 2 heterocycles. The van der Waals surface area contributed by atoms with Crippen molar-refractivity contribution in [2.75, 3.05) is 6.61 Å². The number of ether oxygens (including phenoxy) is 2. The molecule has 198 valence electrons. The standard InChI is InChI=1S/C30H24Cl2N2O4S/c1-3-37-29(36)26-18(2)33-30-34(27(26)22-11-7-8-12-23(22)32)28(35)25(39-30)16-20-15-21(31)13-14-24(20)38-17-19-9-5-4-6-10-19/h4-16,27H,3,17H2,1-2H3/b25-16-/t27-/m0/s1. The molecule has 0 aliphatic carbocycles. The summed E-state index contributed by atoms with van der Waals surface area (Å²) >= 11 is 14.1. The summed E-state index contributed by atoms with van der Waals surface area (Å²) in [4.78, 5) is 32.0. The molecule has 6 nitrogen and oxygen atoms in total. The molecule has 1 atom stereocenters. The zero-order valence-electron chi connectivity index (χ0n) is 21.2. The number of esters is 1. The first-order chi connectivity index (χ1) is 18.9.